The highest BCUT2D eigenvalue weighted by molar-refractivity contribution is 7.22. The van der Waals surface area contributed by atoms with Gasteiger partial charge in [0.2, 0.25) is 0 Å². The molecule has 3 aromatic rings. The molecule has 1 fully saturated rings. The minimum Gasteiger partial charge on any atom is -0.376 e. The number of nitrogens with zero attached hydrogens (tertiary/aromatic N) is 2. The van der Waals surface area contributed by atoms with E-state index < -0.39 is 0 Å². The summed E-state index contributed by atoms with van der Waals surface area (Å²) in [7, 11) is 0. The summed E-state index contributed by atoms with van der Waals surface area (Å²) in [6.07, 6.45) is 2.03. The number of carbonyl (C=O) groups is 1. The number of hydrogen-bond acceptors (Lipinski definition) is 4. The number of anilines is 1. The summed E-state index contributed by atoms with van der Waals surface area (Å²) in [5, 5.41) is 1.26. The Morgan fingerprint density at radius 1 is 1.33 bits per heavy atom. The molecule has 0 aliphatic carbocycles. The average molecular weight is 401 g/mol. The number of thiazole rings is 1. The summed E-state index contributed by atoms with van der Waals surface area (Å²) < 4.78 is 6.91. The van der Waals surface area contributed by atoms with Gasteiger partial charge >= 0.3 is 0 Å². The SMILES string of the molecule is Cc1cc(C)c2sc(N(CC3CCCO3)C(=O)c3cccc(Cl)c3)nc2c1. The van der Waals surface area contributed by atoms with Crippen molar-refractivity contribution in [3.8, 4) is 0 Å². The quantitative estimate of drug-likeness (QED) is 0.589. The van der Waals surface area contributed by atoms with E-state index in [1.807, 2.05) is 0 Å². The largest absolute Gasteiger partial charge is 0.376 e. The third-order valence-corrected chi connectivity index (χ3v) is 6.23. The number of hydrogen-bond donors (Lipinski definition) is 0. The molecule has 4 rings (SSSR count). The number of fused-ring (bicyclic) bond motifs is 1. The number of amides is 1. The van der Waals surface area contributed by atoms with Crippen LogP contribution in [0.3, 0.4) is 0 Å². The van der Waals surface area contributed by atoms with Crippen LogP contribution in [-0.4, -0.2) is 30.1 Å². The maximum Gasteiger partial charge on any atom is 0.260 e. The molecule has 27 heavy (non-hydrogen) atoms. The minimum absolute atomic E-state index is 0.0444. The first-order valence-electron chi connectivity index (χ1n) is 9.08. The van der Waals surface area contributed by atoms with Gasteiger partial charge in [-0.3, -0.25) is 9.69 Å². The number of aryl methyl sites for hydroxylation is 2. The predicted molar refractivity (Wildman–Crippen MR) is 111 cm³/mol. The van der Waals surface area contributed by atoms with Gasteiger partial charge in [-0.1, -0.05) is 35.1 Å². The Balaban J connectivity index is 1.75. The fourth-order valence-corrected chi connectivity index (χ4v) is 4.71. The van der Waals surface area contributed by atoms with Crippen molar-refractivity contribution in [2.24, 2.45) is 0 Å². The molecule has 0 spiro atoms. The van der Waals surface area contributed by atoms with E-state index in [0.29, 0.717) is 22.3 Å². The van der Waals surface area contributed by atoms with Crippen LogP contribution in [0.4, 0.5) is 5.13 Å². The van der Waals surface area contributed by atoms with Gasteiger partial charge in [-0.25, -0.2) is 4.98 Å². The molecule has 140 valence electrons. The van der Waals surface area contributed by atoms with Crippen LogP contribution in [0.25, 0.3) is 10.2 Å². The van der Waals surface area contributed by atoms with Gasteiger partial charge in [0.1, 0.15) is 0 Å². The van der Waals surface area contributed by atoms with Crippen molar-refractivity contribution in [3.63, 3.8) is 0 Å². The number of benzene rings is 2. The summed E-state index contributed by atoms with van der Waals surface area (Å²) >= 11 is 7.66. The lowest BCUT2D eigenvalue weighted by molar-refractivity contribution is 0.0917. The third kappa shape index (κ3) is 3.86. The van der Waals surface area contributed by atoms with Gasteiger partial charge in [0.15, 0.2) is 5.13 Å². The number of halogens is 1. The second-order valence-electron chi connectivity index (χ2n) is 6.99. The van der Waals surface area contributed by atoms with Crippen LogP contribution >= 0.6 is 22.9 Å². The maximum absolute atomic E-state index is 13.3. The average Bonchev–Trinajstić information content (AvgIpc) is 3.28. The molecule has 6 heteroatoms. The third-order valence-electron chi connectivity index (χ3n) is 4.77. The maximum atomic E-state index is 13.3. The predicted octanol–water partition coefficient (Wildman–Crippen LogP) is 5.39. The van der Waals surface area contributed by atoms with Crippen LogP contribution < -0.4 is 4.90 Å². The van der Waals surface area contributed by atoms with Gasteiger partial charge in [-0.2, -0.15) is 0 Å². The first kappa shape index (κ1) is 18.4. The molecule has 1 aromatic heterocycles. The molecule has 1 aliphatic heterocycles. The molecule has 2 aromatic carbocycles. The lowest BCUT2D eigenvalue weighted by atomic mass is 10.1. The molecule has 0 radical (unpaired) electrons. The first-order valence-corrected chi connectivity index (χ1v) is 10.3. The zero-order valence-corrected chi connectivity index (χ0v) is 16.9. The fraction of sp³-hybridized carbons (Fsp3) is 0.333. The smallest absolute Gasteiger partial charge is 0.260 e. The summed E-state index contributed by atoms with van der Waals surface area (Å²) in [5.41, 5.74) is 3.85. The van der Waals surface area contributed by atoms with Gasteiger partial charge in [-0.15, -0.1) is 0 Å². The van der Waals surface area contributed by atoms with Crippen LogP contribution in [0, 0.1) is 13.8 Å². The van der Waals surface area contributed by atoms with Crippen molar-refractivity contribution in [2.75, 3.05) is 18.1 Å². The summed E-state index contributed by atoms with van der Waals surface area (Å²) in [6, 6.07) is 11.3. The molecule has 1 atom stereocenters. The number of aromatic nitrogens is 1. The highest BCUT2D eigenvalue weighted by Gasteiger charge is 2.27. The zero-order chi connectivity index (χ0) is 19.0. The molecule has 0 bridgehead atoms. The van der Waals surface area contributed by atoms with Crippen molar-refractivity contribution in [3.05, 3.63) is 58.1 Å². The van der Waals surface area contributed by atoms with Gasteiger partial charge < -0.3 is 4.74 Å². The van der Waals surface area contributed by atoms with Crippen molar-refractivity contribution < 1.29 is 9.53 Å². The highest BCUT2D eigenvalue weighted by Crippen LogP contribution is 2.33. The Bertz CT molecular complexity index is 995. The van der Waals surface area contributed by atoms with Crippen molar-refractivity contribution >= 4 is 44.2 Å². The molecular weight excluding hydrogens is 380 g/mol. The number of ether oxygens (including phenoxy) is 1. The lowest BCUT2D eigenvalue weighted by Crippen LogP contribution is -2.37. The monoisotopic (exact) mass is 400 g/mol. The van der Waals surface area contributed by atoms with E-state index in [1.165, 1.54) is 11.1 Å². The second-order valence-corrected chi connectivity index (χ2v) is 8.40. The van der Waals surface area contributed by atoms with Gasteiger partial charge in [0, 0.05) is 17.2 Å². The van der Waals surface area contributed by atoms with Crippen molar-refractivity contribution in [1.82, 2.24) is 4.98 Å². The van der Waals surface area contributed by atoms with Gasteiger partial charge in [0.05, 0.1) is 22.9 Å². The van der Waals surface area contributed by atoms with E-state index in [1.54, 1.807) is 40.5 Å². The Morgan fingerprint density at radius 3 is 2.93 bits per heavy atom. The van der Waals surface area contributed by atoms with E-state index in [4.69, 9.17) is 21.3 Å². The molecule has 1 unspecified atom stereocenters. The Kier molecular flexibility index (Phi) is 5.17. The topological polar surface area (TPSA) is 42.4 Å². The molecule has 1 aliphatic rings. The van der Waals surface area contributed by atoms with E-state index in [2.05, 4.69) is 26.0 Å². The zero-order valence-electron chi connectivity index (χ0n) is 15.4. The van der Waals surface area contributed by atoms with Crippen LogP contribution in [-0.2, 0) is 4.74 Å². The van der Waals surface area contributed by atoms with E-state index in [9.17, 15) is 4.79 Å². The second kappa shape index (κ2) is 7.58. The molecule has 2 heterocycles. The highest BCUT2D eigenvalue weighted by atomic mass is 35.5. The van der Waals surface area contributed by atoms with E-state index in [-0.39, 0.29) is 12.0 Å². The molecule has 0 saturated carbocycles. The number of carbonyl (C=O) groups excluding carboxylic acids is 1. The lowest BCUT2D eigenvalue weighted by Gasteiger charge is -2.23. The minimum atomic E-state index is -0.0959. The Morgan fingerprint density at radius 2 is 2.19 bits per heavy atom. The van der Waals surface area contributed by atoms with Crippen LogP contribution in [0.5, 0.6) is 0 Å². The van der Waals surface area contributed by atoms with E-state index in [0.717, 1.165) is 29.7 Å². The Hall–Kier alpha value is -1.95. The molecule has 0 N–H and O–H groups in total. The van der Waals surface area contributed by atoms with Crippen molar-refractivity contribution in [2.45, 2.75) is 32.8 Å². The van der Waals surface area contributed by atoms with Crippen LogP contribution in [0.2, 0.25) is 5.02 Å². The van der Waals surface area contributed by atoms with Gasteiger partial charge in [0.25, 0.3) is 5.91 Å². The number of rotatable bonds is 4. The van der Waals surface area contributed by atoms with Gasteiger partial charge in [-0.05, 0) is 62.1 Å². The summed E-state index contributed by atoms with van der Waals surface area (Å²) in [5.74, 6) is -0.0959. The Labute approximate surface area is 167 Å². The van der Waals surface area contributed by atoms with Crippen molar-refractivity contribution in [1.29, 1.82) is 0 Å². The fourth-order valence-electron chi connectivity index (χ4n) is 3.50. The van der Waals surface area contributed by atoms with Crippen LogP contribution in [0.1, 0.15) is 34.3 Å². The van der Waals surface area contributed by atoms with Crippen LogP contribution in [0.15, 0.2) is 36.4 Å². The molecule has 4 nitrogen and oxygen atoms in total. The molecule has 1 saturated heterocycles. The first-order chi connectivity index (χ1) is 13.0. The molecular formula is C21H21ClN2O2S. The van der Waals surface area contributed by atoms with E-state index >= 15 is 0 Å². The molecule has 1 amide bonds. The summed E-state index contributed by atoms with van der Waals surface area (Å²) in [6.45, 7) is 5.40. The normalized spacial score (nSPS) is 16.8. The summed E-state index contributed by atoms with van der Waals surface area (Å²) in [4.78, 5) is 19.8. The standard InChI is InChI=1S/C21H21ClN2O2S/c1-13-9-14(2)19-18(10-13)23-21(27-19)24(12-17-7-4-8-26-17)20(25)15-5-3-6-16(22)11-15/h3,5-6,9-11,17H,4,7-8,12H2,1-2H3.